The fourth-order valence-corrected chi connectivity index (χ4v) is 4.14. The zero-order chi connectivity index (χ0) is 22.4. The van der Waals surface area contributed by atoms with Gasteiger partial charge >= 0.3 is 5.97 Å². The monoisotopic (exact) mass is 455 g/mol. The van der Waals surface area contributed by atoms with Gasteiger partial charge in [0.1, 0.15) is 0 Å². The van der Waals surface area contributed by atoms with Crippen LogP contribution in [0, 0.1) is 13.8 Å². The lowest BCUT2D eigenvalue weighted by atomic mass is 10.1. The summed E-state index contributed by atoms with van der Waals surface area (Å²) in [5, 5.41) is 6.87. The van der Waals surface area contributed by atoms with Crippen LogP contribution < -0.4 is 10.6 Å². The molecule has 0 unspecified atom stereocenters. The van der Waals surface area contributed by atoms with Crippen molar-refractivity contribution in [2.24, 2.45) is 4.99 Å². The Morgan fingerprint density at radius 2 is 1.94 bits per heavy atom. The van der Waals surface area contributed by atoms with Gasteiger partial charge < -0.3 is 15.4 Å². The first kappa shape index (κ1) is 23.0. The second-order valence-corrected chi connectivity index (χ2v) is 8.90. The molecule has 0 spiro atoms. The molecule has 0 atom stereocenters. The number of fused-ring (bicyclic) bond motifs is 1. The van der Waals surface area contributed by atoms with Gasteiger partial charge in [-0.1, -0.05) is 17.8 Å². The normalized spacial score (nSPS) is 12.6. The van der Waals surface area contributed by atoms with Gasteiger partial charge in [0.25, 0.3) is 0 Å². The molecule has 2 N–H and O–H groups in total. The van der Waals surface area contributed by atoms with E-state index in [1.165, 1.54) is 18.9 Å². The first-order chi connectivity index (χ1) is 14.9. The van der Waals surface area contributed by atoms with E-state index in [-0.39, 0.29) is 24.1 Å². The second kappa shape index (κ2) is 10.5. The molecule has 1 aliphatic rings. The summed E-state index contributed by atoms with van der Waals surface area (Å²) in [7, 11) is 1.36. The number of aryl methyl sites for hydroxylation is 2. The number of amides is 1. The van der Waals surface area contributed by atoms with Gasteiger partial charge in [0, 0.05) is 16.3 Å². The molecule has 0 radical (unpaired) electrons. The molecule has 2 aromatic carbocycles. The topological polar surface area (TPSA) is 79.8 Å². The van der Waals surface area contributed by atoms with Crippen molar-refractivity contribution in [1.82, 2.24) is 0 Å². The first-order valence-electron chi connectivity index (χ1n) is 9.69. The number of ether oxygens (including phenoxy) is 1. The molecule has 0 aliphatic carbocycles. The predicted octanol–water partition coefficient (Wildman–Crippen LogP) is 5.30. The molecule has 0 bridgehead atoms. The Bertz CT molecular complexity index is 1060. The Morgan fingerprint density at radius 1 is 1.16 bits per heavy atom. The molecule has 6 nitrogen and oxygen atoms in total. The summed E-state index contributed by atoms with van der Waals surface area (Å²) in [5.41, 5.74) is 5.29. The first-order valence-corrected chi connectivity index (χ1v) is 11.9. The highest BCUT2D eigenvalue weighted by Gasteiger charge is 2.16. The Kier molecular flexibility index (Phi) is 7.81. The lowest BCUT2D eigenvalue weighted by molar-refractivity contribution is -0.139. The number of carbonyl (C=O) groups excluding carboxylic acids is 2. The number of hydrogen-bond acceptors (Lipinski definition) is 7. The number of methoxy groups -OCH3 is 1. The highest BCUT2D eigenvalue weighted by molar-refractivity contribution is 8.14. The van der Waals surface area contributed by atoms with E-state index >= 15 is 0 Å². The van der Waals surface area contributed by atoms with Crippen LogP contribution in [-0.2, 0) is 14.3 Å². The third kappa shape index (κ3) is 6.38. The minimum atomic E-state index is -0.346. The number of hydrogen-bond donors (Lipinski definition) is 2. The van der Waals surface area contributed by atoms with Gasteiger partial charge in [0.05, 0.1) is 35.7 Å². The predicted molar refractivity (Wildman–Crippen MR) is 131 cm³/mol. The highest BCUT2D eigenvalue weighted by Crippen LogP contribution is 2.34. The van der Waals surface area contributed by atoms with Crippen molar-refractivity contribution in [2.75, 3.05) is 29.8 Å². The third-order valence-corrected chi connectivity index (χ3v) is 6.34. The van der Waals surface area contributed by atoms with Crippen LogP contribution in [0.15, 0.2) is 58.1 Å². The van der Waals surface area contributed by atoms with Gasteiger partial charge in [-0.2, -0.15) is 0 Å². The van der Waals surface area contributed by atoms with Gasteiger partial charge in [-0.3, -0.25) is 9.59 Å². The van der Waals surface area contributed by atoms with Gasteiger partial charge in [0.15, 0.2) is 0 Å². The molecule has 0 aromatic heterocycles. The molecule has 162 valence electrons. The van der Waals surface area contributed by atoms with Crippen LogP contribution in [0.2, 0.25) is 0 Å². The van der Waals surface area contributed by atoms with Gasteiger partial charge in [-0.15, -0.1) is 11.8 Å². The third-order valence-electron chi connectivity index (χ3n) is 4.70. The maximum absolute atomic E-state index is 12.5. The molecule has 0 fully saturated rings. The van der Waals surface area contributed by atoms with Crippen LogP contribution in [0.1, 0.15) is 17.5 Å². The molecule has 8 heteroatoms. The van der Waals surface area contributed by atoms with E-state index in [1.807, 2.05) is 56.5 Å². The lowest BCUT2D eigenvalue weighted by Gasteiger charge is -2.12. The molecule has 1 aliphatic heterocycles. The number of anilines is 2. The molecule has 2 aromatic rings. The Hall–Kier alpha value is -2.71. The molecule has 0 saturated carbocycles. The lowest BCUT2D eigenvalue weighted by Crippen LogP contribution is -2.15. The van der Waals surface area contributed by atoms with Crippen LogP contribution >= 0.6 is 23.5 Å². The van der Waals surface area contributed by atoms with Crippen LogP contribution in [-0.4, -0.2) is 36.0 Å². The standard InChI is InChI=1S/C23H25N3O3S2/c1-14-8-19-20(9-15(14)2)26-22(11-17(24-19)12-23(28)29-3)31-13-21(27)25-16-6-5-7-18(10-16)30-4/h5-11,24H,12-13H2,1-4H3,(H,25,27). The average Bonchev–Trinajstić information content (AvgIpc) is 2.91. The Labute approximate surface area is 190 Å². The summed E-state index contributed by atoms with van der Waals surface area (Å²) in [6.45, 7) is 4.06. The number of nitrogens with zero attached hydrogens (tertiary/aromatic N) is 1. The van der Waals surface area contributed by atoms with E-state index in [1.54, 1.807) is 17.8 Å². The number of rotatable bonds is 6. The number of thioether (sulfide) groups is 2. The van der Waals surface area contributed by atoms with E-state index in [0.29, 0.717) is 10.7 Å². The molecule has 3 rings (SSSR count). The number of carbonyl (C=O) groups is 2. The van der Waals surface area contributed by atoms with E-state index in [0.717, 1.165) is 33.1 Å². The number of nitrogens with one attached hydrogen (secondary N) is 2. The summed E-state index contributed by atoms with van der Waals surface area (Å²) in [6.07, 6.45) is 3.89. The van der Waals surface area contributed by atoms with Gasteiger partial charge in [-0.05, 0) is 67.6 Å². The molecular weight excluding hydrogens is 430 g/mol. The molecule has 1 heterocycles. The SMILES string of the molecule is COC(=O)CC1=CC(SCC(=O)Nc2cccc(SC)c2)=Nc2cc(C)c(C)cc2N1. The van der Waals surface area contributed by atoms with Crippen molar-refractivity contribution in [2.45, 2.75) is 25.2 Å². The van der Waals surface area contributed by atoms with E-state index < -0.39 is 0 Å². The van der Waals surface area contributed by atoms with Crippen molar-refractivity contribution < 1.29 is 14.3 Å². The molecule has 31 heavy (non-hydrogen) atoms. The summed E-state index contributed by atoms with van der Waals surface area (Å²) < 4.78 is 4.81. The average molecular weight is 456 g/mol. The summed E-state index contributed by atoms with van der Waals surface area (Å²) >= 11 is 2.95. The zero-order valence-corrected chi connectivity index (χ0v) is 19.6. The zero-order valence-electron chi connectivity index (χ0n) is 17.9. The fourth-order valence-electron chi connectivity index (χ4n) is 2.94. The minimum absolute atomic E-state index is 0.0934. The van der Waals surface area contributed by atoms with Crippen molar-refractivity contribution in [1.29, 1.82) is 0 Å². The number of esters is 1. The maximum atomic E-state index is 12.5. The maximum Gasteiger partial charge on any atom is 0.311 e. The molecular formula is C23H25N3O3S2. The van der Waals surface area contributed by atoms with E-state index in [2.05, 4.69) is 10.6 Å². The number of aliphatic imine (C=N–C) groups is 1. The molecule has 1 amide bonds. The summed E-state index contributed by atoms with van der Waals surface area (Å²) in [4.78, 5) is 30.1. The Morgan fingerprint density at radius 3 is 2.68 bits per heavy atom. The molecule has 0 saturated heterocycles. The van der Waals surface area contributed by atoms with Crippen molar-refractivity contribution in [3.05, 3.63) is 59.3 Å². The quantitative estimate of drug-likeness (QED) is 0.455. The van der Waals surface area contributed by atoms with E-state index in [4.69, 9.17) is 9.73 Å². The van der Waals surface area contributed by atoms with Gasteiger partial charge in [-0.25, -0.2) is 4.99 Å². The van der Waals surface area contributed by atoms with Crippen LogP contribution in [0.4, 0.5) is 17.1 Å². The van der Waals surface area contributed by atoms with Crippen LogP contribution in [0.3, 0.4) is 0 Å². The largest absolute Gasteiger partial charge is 0.469 e. The smallest absolute Gasteiger partial charge is 0.311 e. The highest BCUT2D eigenvalue weighted by atomic mass is 32.2. The van der Waals surface area contributed by atoms with Crippen molar-refractivity contribution in [3.8, 4) is 0 Å². The van der Waals surface area contributed by atoms with E-state index in [9.17, 15) is 9.59 Å². The Balaban J connectivity index is 1.77. The summed E-state index contributed by atoms with van der Waals surface area (Å²) in [5.74, 6) is -0.266. The van der Waals surface area contributed by atoms with Crippen LogP contribution in [0.25, 0.3) is 0 Å². The van der Waals surface area contributed by atoms with Crippen LogP contribution in [0.5, 0.6) is 0 Å². The summed E-state index contributed by atoms with van der Waals surface area (Å²) in [6, 6.07) is 11.7. The fraction of sp³-hybridized carbons (Fsp3) is 0.261. The minimum Gasteiger partial charge on any atom is -0.469 e. The van der Waals surface area contributed by atoms with Gasteiger partial charge in [0.2, 0.25) is 5.91 Å². The van der Waals surface area contributed by atoms with Crippen molar-refractivity contribution >= 4 is 57.5 Å². The second-order valence-electron chi connectivity index (χ2n) is 7.02. The number of benzene rings is 2. The van der Waals surface area contributed by atoms with Crippen molar-refractivity contribution in [3.63, 3.8) is 0 Å².